The SMILES string of the molecule is CCC1CCC(C2=C(C)CC3(CCC(CCSCCc4ccc(C(=O)O)cc4C)CC3)CN2)CC1. The molecule has 2 aliphatic carbocycles. The summed E-state index contributed by atoms with van der Waals surface area (Å²) in [5, 5.41) is 13.1. The molecule has 0 unspecified atom stereocenters. The summed E-state index contributed by atoms with van der Waals surface area (Å²) in [5.74, 6) is 4.23. The average Bonchev–Trinajstić information content (AvgIpc) is 2.86. The summed E-state index contributed by atoms with van der Waals surface area (Å²) in [6, 6.07) is 5.54. The molecule has 1 spiro atoms. The molecule has 0 atom stereocenters. The molecule has 1 aromatic rings. The van der Waals surface area contributed by atoms with E-state index in [9.17, 15) is 4.79 Å². The monoisotopic (exact) mass is 497 g/mol. The van der Waals surface area contributed by atoms with Crippen LogP contribution in [-0.4, -0.2) is 29.1 Å². The third-order valence-corrected chi connectivity index (χ3v) is 10.5. The van der Waals surface area contributed by atoms with Gasteiger partial charge in [0.05, 0.1) is 5.56 Å². The number of carboxylic acids is 1. The third kappa shape index (κ3) is 6.87. The van der Waals surface area contributed by atoms with Gasteiger partial charge in [-0.25, -0.2) is 4.79 Å². The van der Waals surface area contributed by atoms with Crippen LogP contribution in [-0.2, 0) is 6.42 Å². The van der Waals surface area contributed by atoms with Crippen molar-refractivity contribution in [1.82, 2.24) is 5.32 Å². The van der Waals surface area contributed by atoms with Gasteiger partial charge in [-0.15, -0.1) is 0 Å². The Balaban J connectivity index is 1.15. The van der Waals surface area contributed by atoms with Crippen LogP contribution in [0.15, 0.2) is 29.5 Å². The van der Waals surface area contributed by atoms with Gasteiger partial charge in [0, 0.05) is 12.2 Å². The van der Waals surface area contributed by atoms with Gasteiger partial charge in [0.15, 0.2) is 0 Å². The molecule has 2 saturated carbocycles. The minimum atomic E-state index is -0.840. The topological polar surface area (TPSA) is 49.3 Å². The zero-order chi connectivity index (χ0) is 24.8. The van der Waals surface area contributed by atoms with Gasteiger partial charge in [-0.2, -0.15) is 11.8 Å². The summed E-state index contributed by atoms with van der Waals surface area (Å²) in [4.78, 5) is 11.1. The van der Waals surface area contributed by atoms with Crippen LogP contribution in [0.4, 0.5) is 0 Å². The molecule has 0 bridgehead atoms. The van der Waals surface area contributed by atoms with Crippen molar-refractivity contribution in [3.8, 4) is 0 Å². The highest BCUT2D eigenvalue weighted by atomic mass is 32.2. The van der Waals surface area contributed by atoms with Crippen LogP contribution in [0.25, 0.3) is 0 Å². The Kier molecular flexibility index (Phi) is 9.29. The summed E-state index contributed by atoms with van der Waals surface area (Å²) < 4.78 is 0. The summed E-state index contributed by atoms with van der Waals surface area (Å²) >= 11 is 2.07. The lowest BCUT2D eigenvalue weighted by Crippen LogP contribution is -2.43. The highest BCUT2D eigenvalue weighted by molar-refractivity contribution is 7.99. The normalized spacial score (nSPS) is 29.3. The fourth-order valence-corrected chi connectivity index (χ4v) is 8.15. The highest BCUT2D eigenvalue weighted by Gasteiger charge is 2.39. The van der Waals surface area contributed by atoms with Gasteiger partial charge in [0.1, 0.15) is 0 Å². The summed E-state index contributed by atoms with van der Waals surface area (Å²) in [6.45, 7) is 8.03. The maximum absolute atomic E-state index is 11.1. The second-order valence-electron chi connectivity index (χ2n) is 11.9. The largest absolute Gasteiger partial charge is 0.478 e. The first-order chi connectivity index (χ1) is 16.9. The van der Waals surface area contributed by atoms with Crippen molar-refractivity contribution in [1.29, 1.82) is 0 Å². The van der Waals surface area contributed by atoms with E-state index in [1.165, 1.54) is 88.5 Å². The molecule has 1 heterocycles. The molecule has 1 aromatic carbocycles. The Labute approximate surface area is 217 Å². The Morgan fingerprint density at radius 2 is 1.80 bits per heavy atom. The number of carbonyl (C=O) groups is 1. The zero-order valence-electron chi connectivity index (χ0n) is 22.3. The van der Waals surface area contributed by atoms with Gasteiger partial charge >= 0.3 is 5.97 Å². The number of hydrogen-bond donors (Lipinski definition) is 2. The molecule has 0 aromatic heterocycles. The minimum absolute atomic E-state index is 0.392. The van der Waals surface area contributed by atoms with Gasteiger partial charge in [0.2, 0.25) is 0 Å². The third-order valence-electron chi connectivity index (χ3n) is 9.53. The number of hydrogen-bond acceptors (Lipinski definition) is 3. The van der Waals surface area contributed by atoms with Gasteiger partial charge in [0.25, 0.3) is 0 Å². The van der Waals surface area contributed by atoms with Gasteiger partial charge < -0.3 is 10.4 Å². The van der Waals surface area contributed by atoms with Crippen molar-refractivity contribution in [2.45, 2.75) is 97.8 Å². The number of allylic oxidation sites excluding steroid dienone is 2. The standard InChI is InChI=1S/C31H47NO2S/c1-4-24-5-7-27(8-6-24)29-23(3)20-31(21-32-29)15-11-25(12-16-31)13-17-35-18-14-26-9-10-28(30(33)34)19-22(26)2/h9-10,19,24-25,27,32H,4-8,11-18,20-21H2,1-3H3,(H,33,34). The van der Waals surface area contributed by atoms with Gasteiger partial charge in [-0.05, 0) is 142 Å². The quantitative estimate of drug-likeness (QED) is 0.339. The van der Waals surface area contributed by atoms with Crippen molar-refractivity contribution >= 4 is 17.7 Å². The summed E-state index contributed by atoms with van der Waals surface area (Å²) in [6.07, 6.45) is 16.4. The van der Waals surface area contributed by atoms with E-state index < -0.39 is 5.97 Å². The second-order valence-corrected chi connectivity index (χ2v) is 13.1. The Morgan fingerprint density at radius 1 is 1.06 bits per heavy atom. The number of rotatable bonds is 9. The van der Waals surface area contributed by atoms with Crippen molar-refractivity contribution in [3.63, 3.8) is 0 Å². The fourth-order valence-electron chi connectivity index (χ4n) is 7.08. The van der Waals surface area contributed by atoms with Crippen LogP contribution in [0.5, 0.6) is 0 Å². The first kappa shape index (κ1) is 26.6. The Hall–Kier alpha value is -1.42. The molecule has 0 amide bonds. The van der Waals surface area contributed by atoms with Gasteiger partial charge in [-0.1, -0.05) is 25.0 Å². The lowest BCUT2D eigenvalue weighted by molar-refractivity contribution is 0.0696. The van der Waals surface area contributed by atoms with E-state index >= 15 is 0 Å². The number of aromatic carboxylic acids is 1. The molecule has 2 fully saturated rings. The first-order valence-corrected chi connectivity index (χ1v) is 15.4. The van der Waals surface area contributed by atoms with E-state index in [2.05, 4.69) is 30.9 Å². The molecule has 3 aliphatic rings. The summed E-state index contributed by atoms with van der Waals surface area (Å²) in [7, 11) is 0. The Bertz CT molecular complexity index is 891. The number of benzene rings is 1. The fraction of sp³-hybridized carbons (Fsp3) is 0.710. The molecule has 1 aliphatic heterocycles. The van der Waals surface area contributed by atoms with Crippen LogP contribution < -0.4 is 5.32 Å². The molecular formula is C31H47NO2S. The smallest absolute Gasteiger partial charge is 0.335 e. The van der Waals surface area contributed by atoms with E-state index in [1.807, 2.05) is 13.0 Å². The predicted molar refractivity (Wildman–Crippen MR) is 149 cm³/mol. The van der Waals surface area contributed by atoms with Crippen LogP contribution in [0.3, 0.4) is 0 Å². The van der Waals surface area contributed by atoms with Crippen LogP contribution in [0.2, 0.25) is 0 Å². The molecule has 2 N–H and O–H groups in total. The van der Waals surface area contributed by atoms with Crippen molar-refractivity contribution in [2.24, 2.45) is 23.2 Å². The van der Waals surface area contributed by atoms with Gasteiger partial charge in [-0.3, -0.25) is 0 Å². The minimum Gasteiger partial charge on any atom is -0.478 e. The molecule has 194 valence electrons. The number of carboxylic acid groups (broad SMARTS) is 1. The maximum Gasteiger partial charge on any atom is 0.335 e. The lowest BCUT2D eigenvalue weighted by atomic mass is 9.64. The van der Waals surface area contributed by atoms with E-state index in [-0.39, 0.29) is 0 Å². The van der Waals surface area contributed by atoms with E-state index in [1.54, 1.807) is 23.4 Å². The van der Waals surface area contributed by atoms with Crippen molar-refractivity contribution in [3.05, 3.63) is 46.2 Å². The molecule has 4 heteroatoms. The summed E-state index contributed by atoms with van der Waals surface area (Å²) in [5.41, 5.74) is 6.62. The zero-order valence-corrected chi connectivity index (χ0v) is 23.2. The highest BCUT2D eigenvalue weighted by Crippen LogP contribution is 2.48. The lowest BCUT2D eigenvalue weighted by Gasteiger charge is -2.46. The molecule has 3 nitrogen and oxygen atoms in total. The number of aryl methyl sites for hydroxylation is 2. The van der Waals surface area contributed by atoms with Crippen LogP contribution in [0, 0.1) is 30.1 Å². The Morgan fingerprint density at radius 3 is 2.43 bits per heavy atom. The van der Waals surface area contributed by atoms with Crippen LogP contribution >= 0.6 is 11.8 Å². The van der Waals surface area contributed by atoms with E-state index in [4.69, 9.17) is 5.11 Å². The van der Waals surface area contributed by atoms with Crippen molar-refractivity contribution in [2.75, 3.05) is 18.1 Å². The van der Waals surface area contributed by atoms with E-state index in [0.29, 0.717) is 11.0 Å². The molecule has 0 saturated heterocycles. The van der Waals surface area contributed by atoms with Crippen molar-refractivity contribution < 1.29 is 9.90 Å². The van der Waals surface area contributed by atoms with Crippen LogP contribution in [0.1, 0.15) is 106 Å². The molecular weight excluding hydrogens is 450 g/mol. The predicted octanol–water partition coefficient (Wildman–Crippen LogP) is 8.02. The van der Waals surface area contributed by atoms with E-state index in [0.717, 1.165) is 35.5 Å². The average molecular weight is 498 g/mol. The molecule has 0 radical (unpaired) electrons. The molecule has 35 heavy (non-hydrogen) atoms. The number of thioether (sulfide) groups is 1. The first-order valence-electron chi connectivity index (χ1n) is 14.2. The molecule has 4 rings (SSSR count). The second kappa shape index (κ2) is 12.2. The number of nitrogens with one attached hydrogen (secondary N) is 1. The maximum atomic E-state index is 11.1.